The van der Waals surface area contributed by atoms with E-state index < -0.39 is 5.97 Å². The average Bonchev–Trinajstić information content (AvgIpc) is 3.08. The van der Waals surface area contributed by atoms with Crippen LogP contribution in [0.1, 0.15) is 15.9 Å². The van der Waals surface area contributed by atoms with Gasteiger partial charge in [0.1, 0.15) is 23.7 Å². The third kappa shape index (κ3) is 3.37. The van der Waals surface area contributed by atoms with Gasteiger partial charge in [-0.25, -0.2) is 9.18 Å². The molecule has 116 valence electrons. The molecule has 5 nitrogen and oxygen atoms in total. The van der Waals surface area contributed by atoms with E-state index in [1.54, 1.807) is 36.7 Å². The van der Waals surface area contributed by atoms with Gasteiger partial charge >= 0.3 is 5.97 Å². The number of aromatic nitrogens is 2. The lowest BCUT2D eigenvalue weighted by molar-refractivity contribution is 0.0692. The molecule has 0 aliphatic rings. The molecule has 3 aromatic rings. The summed E-state index contributed by atoms with van der Waals surface area (Å²) in [6, 6.07) is 10.8. The minimum absolute atomic E-state index is 0.0609. The molecule has 0 spiro atoms. The van der Waals surface area contributed by atoms with E-state index in [1.165, 1.54) is 18.2 Å². The first-order valence-electron chi connectivity index (χ1n) is 6.87. The summed E-state index contributed by atoms with van der Waals surface area (Å²) in [5.41, 5.74) is 2.33. The average molecular weight is 312 g/mol. The molecular formula is C17H13FN2O3. The van der Waals surface area contributed by atoms with Crippen LogP contribution < -0.4 is 4.74 Å². The number of aromatic carboxylic acids is 1. The Labute approximate surface area is 131 Å². The SMILES string of the molecule is O=C(O)c1cc(-c2cn[nH]c2)ccc1OCc1ccc(F)cc1. The normalized spacial score (nSPS) is 10.5. The molecule has 0 saturated carbocycles. The van der Waals surface area contributed by atoms with Crippen LogP contribution in [0, 0.1) is 5.82 Å². The molecule has 1 aromatic heterocycles. The summed E-state index contributed by atoms with van der Waals surface area (Å²) in [5, 5.41) is 15.9. The Kier molecular flexibility index (Phi) is 4.05. The van der Waals surface area contributed by atoms with Crippen molar-refractivity contribution in [3.05, 3.63) is 71.8 Å². The highest BCUT2D eigenvalue weighted by atomic mass is 19.1. The van der Waals surface area contributed by atoms with Gasteiger partial charge in [0, 0.05) is 11.8 Å². The first-order valence-corrected chi connectivity index (χ1v) is 6.87. The summed E-state index contributed by atoms with van der Waals surface area (Å²) >= 11 is 0. The highest BCUT2D eigenvalue weighted by Crippen LogP contribution is 2.27. The van der Waals surface area contributed by atoms with Gasteiger partial charge < -0.3 is 9.84 Å². The molecule has 0 bridgehead atoms. The topological polar surface area (TPSA) is 75.2 Å². The molecule has 23 heavy (non-hydrogen) atoms. The van der Waals surface area contributed by atoms with Gasteiger partial charge in [0.15, 0.2) is 0 Å². The number of carbonyl (C=O) groups is 1. The molecule has 0 unspecified atom stereocenters. The number of nitrogens with zero attached hydrogens (tertiary/aromatic N) is 1. The summed E-state index contributed by atoms with van der Waals surface area (Å²) in [6.07, 6.45) is 3.29. The molecule has 0 saturated heterocycles. The van der Waals surface area contributed by atoms with Crippen LogP contribution in [0.15, 0.2) is 54.9 Å². The molecule has 0 radical (unpaired) electrons. The standard InChI is InChI=1S/C17H13FN2O3/c18-14-4-1-11(2-5-14)10-23-16-6-3-12(7-15(16)17(21)22)13-8-19-20-9-13/h1-9H,10H2,(H,19,20)(H,21,22). The predicted octanol–water partition coefficient (Wildman–Crippen LogP) is 3.49. The number of H-pyrrole nitrogens is 1. The van der Waals surface area contributed by atoms with Crippen LogP contribution in [0.3, 0.4) is 0 Å². The molecule has 0 aliphatic heterocycles. The molecule has 0 amide bonds. The number of benzene rings is 2. The maximum atomic E-state index is 12.9. The fourth-order valence-corrected chi connectivity index (χ4v) is 2.15. The Hall–Kier alpha value is -3.15. The maximum Gasteiger partial charge on any atom is 0.339 e. The Balaban J connectivity index is 1.83. The van der Waals surface area contributed by atoms with Gasteiger partial charge in [0.2, 0.25) is 0 Å². The highest BCUT2D eigenvalue weighted by molar-refractivity contribution is 5.92. The molecule has 0 fully saturated rings. The quantitative estimate of drug-likeness (QED) is 0.756. The first-order chi connectivity index (χ1) is 11.1. The van der Waals surface area contributed by atoms with Crippen molar-refractivity contribution in [1.82, 2.24) is 10.2 Å². The summed E-state index contributed by atoms with van der Waals surface area (Å²) in [7, 11) is 0. The van der Waals surface area contributed by atoms with Gasteiger partial charge in [-0.05, 0) is 35.4 Å². The Bertz CT molecular complexity index is 814. The third-order valence-electron chi connectivity index (χ3n) is 3.35. The van der Waals surface area contributed by atoms with E-state index in [-0.39, 0.29) is 23.7 Å². The van der Waals surface area contributed by atoms with Gasteiger partial charge in [0.25, 0.3) is 0 Å². The second kappa shape index (κ2) is 6.31. The third-order valence-corrected chi connectivity index (χ3v) is 3.35. The van der Waals surface area contributed by atoms with Crippen LogP contribution in [0.4, 0.5) is 4.39 Å². The lowest BCUT2D eigenvalue weighted by Crippen LogP contribution is -2.04. The van der Waals surface area contributed by atoms with Crippen LogP contribution in [0.25, 0.3) is 11.1 Å². The zero-order chi connectivity index (χ0) is 16.2. The minimum atomic E-state index is -1.08. The summed E-state index contributed by atoms with van der Waals surface area (Å²) in [4.78, 5) is 11.4. The van der Waals surface area contributed by atoms with E-state index in [2.05, 4.69) is 10.2 Å². The number of carboxylic acids is 1. The Morgan fingerprint density at radius 3 is 2.61 bits per heavy atom. The van der Waals surface area contributed by atoms with Crippen LogP contribution in [-0.4, -0.2) is 21.3 Å². The molecular weight excluding hydrogens is 299 g/mol. The summed E-state index contributed by atoms with van der Waals surface area (Å²) < 4.78 is 18.4. The zero-order valence-electron chi connectivity index (χ0n) is 12.0. The van der Waals surface area contributed by atoms with Crippen molar-refractivity contribution in [3.8, 4) is 16.9 Å². The number of ether oxygens (including phenoxy) is 1. The van der Waals surface area contributed by atoms with Crippen molar-refractivity contribution in [2.24, 2.45) is 0 Å². The monoisotopic (exact) mass is 312 g/mol. The van der Waals surface area contributed by atoms with Crippen LogP contribution >= 0.6 is 0 Å². The van der Waals surface area contributed by atoms with Crippen molar-refractivity contribution in [1.29, 1.82) is 0 Å². The van der Waals surface area contributed by atoms with E-state index in [4.69, 9.17) is 4.74 Å². The van der Waals surface area contributed by atoms with Crippen LogP contribution in [-0.2, 0) is 6.61 Å². The van der Waals surface area contributed by atoms with Crippen LogP contribution in [0.2, 0.25) is 0 Å². The van der Waals surface area contributed by atoms with Gasteiger partial charge in [0.05, 0.1) is 6.20 Å². The van der Waals surface area contributed by atoms with Gasteiger partial charge in [-0.2, -0.15) is 5.10 Å². The first kappa shape index (κ1) is 14.8. The lowest BCUT2D eigenvalue weighted by Gasteiger charge is -2.10. The largest absolute Gasteiger partial charge is 0.488 e. The van der Waals surface area contributed by atoms with E-state index in [0.29, 0.717) is 0 Å². The van der Waals surface area contributed by atoms with Crippen molar-refractivity contribution in [2.45, 2.75) is 6.61 Å². The Morgan fingerprint density at radius 2 is 1.96 bits per heavy atom. The van der Waals surface area contributed by atoms with Crippen molar-refractivity contribution < 1.29 is 19.0 Å². The molecule has 3 rings (SSSR count). The van der Waals surface area contributed by atoms with Crippen LogP contribution in [0.5, 0.6) is 5.75 Å². The van der Waals surface area contributed by atoms with E-state index in [9.17, 15) is 14.3 Å². The fourth-order valence-electron chi connectivity index (χ4n) is 2.15. The number of aromatic amines is 1. The second-order valence-corrected chi connectivity index (χ2v) is 4.92. The zero-order valence-corrected chi connectivity index (χ0v) is 12.0. The lowest BCUT2D eigenvalue weighted by atomic mass is 10.1. The van der Waals surface area contributed by atoms with Crippen molar-refractivity contribution in [3.63, 3.8) is 0 Å². The van der Waals surface area contributed by atoms with E-state index >= 15 is 0 Å². The second-order valence-electron chi connectivity index (χ2n) is 4.92. The number of halogens is 1. The molecule has 0 atom stereocenters. The number of nitrogens with one attached hydrogen (secondary N) is 1. The highest BCUT2D eigenvalue weighted by Gasteiger charge is 2.13. The van der Waals surface area contributed by atoms with Crippen molar-refractivity contribution in [2.75, 3.05) is 0 Å². The maximum absolute atomic E-state index is 12.9. The minimum Gasteiger partial charge on any atom is -0.488 e. The predicted molar refractivity (Wildman–Crippen MR) is 81.7 cm³/mol. The number of carboxylic acid groups (broad SMARTS) is 1. The van der Waals surface area contributed by atoms with E-state index in [0.717, 1.165) is 16.7 Å². The fraction of sp³-hybridized carbons (Fsp3) is 0.0588. The van der Waals surface area contributed by atoms with Crippen molar-refractivity contribution >= 4 is 5.97 Å². The van der Waals surface area contributed by atoms with E-state index in [1.807, 2.05) is 0 Å². The molecule has 2 aromatic carbocycles. The van der Waals surface area contributed by atoms with Gasteiger partial charge in [-0.1, -0.05) is 18.2 Å². The molecule has 1 heterocycles. The molecule has 0 aliphatic carbocycles. The number of hydrogen-bond acceptors (Lipinski definition) is 3. The Morgan fingerprint density at radius 1 is 1.17 bits per heavy atom. The summed E-state index contributed by atoms with van der Waals surface area (Å²) in [5.74, 6) is -1.15. The molecule has 6 heteroatoms. The smallest absolute Gasteiger partial charge is 0.339 e. The molecule has 2 N–H and O–H groups in total. The van der Waals surface area contributed by atoms with Gasteiger partial charge in [-0.3, -0.25) is 5.10 Å². The summed E-state index contributed by atoms with van der Waals surface area (Å²) in [6.45, 7) is 0.158. The number of hydrogen-bond donors (Lipinski definition) is 2. The number of rotatable bonds is 5. The van der Waals surface area contributed by atoms with Gasteiger partial charge in [-0.15, -0.1) is 0 Å².